The van der Waals surface area contributed by atoms with E-state index in [0.717, 1.165) is 19.5 Å². The molecule has 1 atom stereocenters. The number of aromatic amines is 1. The van der Waals surface area contributed by atoms with E-state index >= 15 is 0 Å². The normalized spacial score (nSPS) is 19.5. The Labute approximate surface area is 125 Å². The number of Topliss-reactive ketones (excluding diaryl/α,β-unsaturated/α-hetero) is 1. The van der Waals surface area contributed by atoms with Crippen molar-refractivity contribution in [2.24, 2.45) is 5.92 Å². The maximum absolute atomic E-state index is 12.5. The van der Waals surface area contributed by atoms with Gasteiger partial charge in [0.15, 0.2) is 5.78 Å². The number of likely N-dealkylation sites (tertiary alicyclic amines) is 1. The number of piperidine rings is 1. The third-order valence-corrected chi connectivity index (χ3v) is 4.21. The van der Waals surface area contributed by atoms with Crippen molar-refractivity contribution < 1.29 is 14.3 Å². The van der Waals surface area contributed by atoms with Crippen molar-refractivity contribution in [3.63, 3.8) is 0 Å². The number of rotatable bonds is 4. The molecule has 1 aromatic heterocycles. The number of hydrogen-bond acceptors (Lipinski definition) is 4. The smallest absolute Gasteiger partial charge is 0.339 e. The number of nitrogens with zero attached hydrogens (tertiary/aromatic N) is 1. The number of ether oxygens (including phenoxy) is 1. The lowest BCUT2D eigenvalue weighted by atomic mass is 10.00. The zero-order chi connectivity index (χ0) is 15.6. The van der Waals surface area contributed by atoms with Gasteiger partial charge in [0.25, 0.3) is 0 Å². The van der Waals surface area contributed by atoms with Crippen molar-refractivity contribution in [1.29, 1.82) is 0 Å². The van der Waals surface area contributed by atoms with Crippen molar-refractivity contribution in [3.8, 4) is 0 Å². The molecule has 0 amide bonds. The predicted molar refractivity (Wildman–Crippen MR) is 80.8 cm³/mol. The van der Waals surface area contributed by atoms with E-state index in [1.54, 1.807) is 13.8 Å². The summed E-state index contributed by atoms with van der Waals surface area (Å²) in [7, 11) is 1.35. The second-order valence-corrected chi connectivity index (χ2v) is 6.02. The van der Waals surface area contributed by atoms with Crippen LogP contribution in [0.3, 0.4) is 0 Å². The van der Waals surface area contributed by atoms with Gasteiger partial charge in [-0.3, -0.25) is 9.69 Å². The van der Waals surface area contributed by atoms with Gasteiger partial charge in [0.2, 0.25) is 0 Å². The fraction of sp³-hybridized carbons (Fsp3) is 0.625. The third-order valence-electron chi connectivity index (χ3n) is 4.21. The van der Waals surface area contributed by atoms with Crippen molar-refractivity contribution in [2.75, 3.05) is 26.7 Å². The Balaban J connectivity index is 2.14. The fourth-order valence-electron chi connectivity index (χ4n) is 3.15. The van der Waals surface area contributed by atoms with Crippen LogP contribution in [0.25, 0.3) is 0 Å². The molecule has 0 radical (unpaired) electrons. The highest BCUT2D eigenvalue weighted by Crippen LogP contribution is 2.21. The summed E-state index contributed by atoms with van der Waals surface area (Å²) in [6.07, 6.45) is 2.38. The lowest BCUT2D eigenvalue weighted by molar-refractivity contribution is 0.0599. The van der Waals surface area contributed by atoms with E-state index in [-0.39, 0.29) is 5.78 Å². The zero-order valence-corrected chi connectivity index (χ0v) is 13.3. The van der Waals surface area contributed by atoms with Crippen LogP contribution in [0.5, 0.6) is 0 Å². The molecular formula is C16H24N2O3. The van der Waals surface area contributed by atoms with E-state index < -0.39 is 5.97 Å². The fourth-order valence-corrected chi connectivity index (χ4v) is 3.15. The minimum absolute atomic E-state index is 0.0415. The summed E-state index contributed by atoms with van der Waals surface area (Å²) in [5.41, 5.74) is 2.39. The number of carbonyl (C=O) groups excluding carboxylic acids is 2. The van der Waals surface area contributed by atoms with Crippen LogP contribution in [0.4, 0.5) is 0 Å². The molecule has 5 heteroatoms. The van der Waals surface area contributed by atoms with Gasteiger partial charge in [0, 0.05) is 12.2 Å². The Hall–Kier alpha value is -1.62. The van der Waals surface area contributed by atoms with Crippen LogP contribution >= 0.6 is 0 Å². The van der Waals surface area contributed by atoms with Crippen LogP contribution < -0.4 is 0 Å². The van der Waals surface area contributed by atoms with Gasteiger partial charge in [-0.25, -0.2) is 4.79 Å². The predicted octanol–water partition coefficient (Wildman–Crippen LogP) is 2.33. The third kappa shape index (κ3) is 3.35. The summed E-state index contributed by atoms with van der Waals surface area (Å²) >= 11 is 0. The number of nitrogens with one attached hydrogen (secondary N) is 1. The number of carbonyl (C=O) groups is 2. The Bertz CT molecular complexity index is 548. The van der Waals surface area contributed by atoms with E-state index in [9.17, 15) is 9.59 Å². The number of esters is 1. The Kier molecular flexibility index (Phi) is 4.83. The summed E-state index contributed by atoms with van der Waals surface area (Å²) in [5, 5.41) is 0. The SMILES string of the molecule is COC(=O)c1c(C)[nH]c(C(=O)CN2CCC[C@H](C)C2)c1C. The molecule has 21 heavy (non-hydrogen) atoms. The quantitative estimate of drug-likeness (QED) is 0.683. The van der Waals surface area contributed by atoms with E-state index in [1.807, 2.05) is 0 Å². The average molecular weight is 292 g/mol. The first-order valence-electron chi connectivity index (χ1n) is 7.47. The van der Waals surface area contributed by atoms with Crippen LogP contribution in [0.1, 0.15) is 51.9 Å². The van der Waals surface area contributed by atoms with E-state index in [1.165, 1.54) is 13.5 Å². The number of aryl methyl sites for hydroxylation is 1. The van der Waals surface area contributed by atoms with Gasteiger partial charge in [-0.15, -0.1) is 0 Å². The number of hydrogen-bond donors (Lipinski definition) is 1. The standard InChI is InChI=1S/C16H24N2O3/c1-10-6-5-7-18(8-10)9-13(19)15-11(2)14(12(3)17-15)16(20)21-4/h10,17H,5-9H2,1-4H3/t10-/m0/s1. The van der Waals surface area contributed by atoms with Gasteiger partial charge in [-0.2, -0.15) is 0 Å². The topological polar surface area (TPSA) is 62.4 Å². The molecule has 1 N–H and O–H groups in total. The van der Waals surface area contributed by atoms with Crippen LogP contribution in [-0.2, 0) is 4.74 Å². The lowest BCUT2D eigenvalue weighted by Gasteiger charge is -2.30. The molecule has 5 nitrogen and oxygen atoms in total. The van der Waals surface area contributed by atoms with Gasteiger partial charge in [-0.05, 0) is 44.7 Å². The van der Waals surface area contributed by atoms with Crippen LogP contribution in [0.15, 0.2) is 0 Å². The molecule has 2 heterocycles. The molecule has 0 aromatic carbocycles. The van der Waals surface area contributed by atoms with Gasteiger partial charge in [0.1, 0.15) is 0 Å². The molecule has 2 rings (SSSR count). The molecule has 0 unspecified atom stereocenters. The highest BCUT2D eigenvalue weighted by molar-refractivity contribution is 6.02. The summed E-state index contributed by atoms with van der Waals surface area (Å²) in [5.74, 6) is 0.287. The van der Waals surface area contributed by atoms with Gasteiger partial charge >= 0.3 is 5.97 Å². The maximum Gasteiger partial charge on any atom is 0.339 e. The molecule has 116 valence electrons. The van der Waals surface area contributed by atoms with Crippen molar-refractivity contribution in [3.05, 3.63) is 22.5 Å². The number of aromatic nitrogens is 1. The molecule has 1 aliphatic rings. The van der Waals surface area contributed by atoms with Crippen LogP contribution in [0, 0.1) is 19.8 Å². The van der Waals surface area contributed by atoms with Gasteiger partial charge in [0.05, 0.1) is 24.9 Å². The number of ketones is 1. The van der Waals surface area contributed by atoms with Crippen molar-refractivity contribution >= 4 is 11.8 Å². The van der Waals surface area contributed by atoms with E-state index in [0.29, 0.717) is 35.0 Å². The largest absolute Gasteiger partial charge is 0.465 e. The van der Waals surface area contributed by atoms with Crippen molar-refractivity contribution in [1.82, 2.24) is 9.88 Å². The minimum Gasteiger partial charge on any atom is -0.465 e. The summed E-state index contributed by atoms with van der Waals surface area (Å²) < 4.78 is 4.77. The van der Waals surface area contributed by atoms with Crippen molar-refractivity contribution in [2.45, 2.75) is 33.6 Å². The maximum atomic E-state index is 12.5. The van der Waals surface area contributed by atoms with Crippen LogP contribution in [0.2, 0.25) is 0 Å². The molecule has 1 saturated heterocycles. The molecule has 1 fully saturated rings. The molecule has 0 bridgehead atoms. The van der Waals surface area contributed by atoms with Gasteiger partial charge < -0.3 is 9.72 Å². The molecule has 0 aliphatic carbocycles. The molecular weight excluding hydrogens is 268 g/mol. The molecule has 1 aliphatic heterocycles. The monoisotopic (exact) mass is 292 g/mol. The number of H-pyrrole nitrogens is 1. The first kappa shape index (κ1) is 15.8. The second-order valence-electron chi connectivity index (χ2n) is 6.02. The molecule has 1 aromatic rings. The Morgan fingerprint density at radius 1 is 1.38 bits per heavy atom. The second kappa shape index (κ2) is 6.43. The highest BCUT2D eigenvalue weighted by Gasteiger charge is 2.25. The lowest BCUT2D eigenvalue weighted by Crippen LogP contribution is -2.38. The average Bonchev–Trinajstić information content (AvgIpc) is 2.73. The first-order chi connectivity index (χ1) is 9.93. The summed E-state index contributed by atoms with van der Waals surface area (Å²) in [4.78, 5) is 29.5. The van der Waals surface area contributed by atoms with E-state index in [2.05, 4.69) is 16.8 Å². The minimum atomic E-state index is -0.396. The number of methoxy groups -OCH3 is 1. The molecule has 0 spiro atoms. The van der Waals surface area contributed by atoms with Gasteiger partial charge in [-0.1, -0.05) is 6.92 Å². The summed E-state index contributed by atoms with van der Waals surface area (Å²) in [6, 6.07) is 0. The first-order valence-corrected chi connectivity index (χ1v) is 7.47. The van der Waals surface area contributed by atoms with Crippen LogP contribution in [-0.4, -0.2) is 48.4 Å². The Morgan fingerprint density at radius 2 is 2.10 bits per heavy atom. The van der Waals surface area contributed by atoms with E-state index in [4.69, 9.17) is 4.74 Å². The Morgan fingerprint density at radius 3 is 2.71 bits per heavy atom. The summed E-state index contributed by atoms with van der Waals surface area (Å²) in [6.45, 7) is 8.15. The highest BCUT2D eigenvalue weighted by atomic mass is 16.5. The molecule has 0 saturated carbocycles. The zero-order valence-electron chi connectivity index (χ0n) is 13.3.